The number of ether oxygens (including phenoxy) is 1. The Balaban J connectivity index is 3.97. The van der Waals surface area contributed by atoms with Crippen molar-refractivity contribution in [3.05, 3.63) is 0 Å². The van der Waals surface area contributed by atoms with Gasteiger partial charge in [0.1, 0.15) is 0 Å². The van der Waals surface area contributed by atoms with Gasteiger partial charge in [0.25, 0.3) is 0 Å². The van der Waals surface area contributed by atoms with Crippen LogP contribution >= 0.6 is 0 Å². The van der Waals surface area contributed by atoms with E-state index in [1.54, 1.807) is 7.11 Å². The van der Waals surface area contributed by atoms with Crippen molar-refractivity contribution < 1.29 is 4.74 Å². The van der Waals surface area contributed by atoms with Crippen LogP contribution < -0.4 is 5.32 Å². The zero-order chi connectivity index (χ0) is 14.2. The molecule has 0 amide bonds. The van der Waals surface area contributed by atoms with Gasteiger partial charge in [-0.05, 0) is 43.1 Å². The first-order chi connectivity index (χ1) is 8.18. The average molecular weight is 257 g/mol. The van der Waals surface area contributed by atoms with Gasteiger partial charge in [-0.2, -0.15) is 0 Å². The Kier molecular flexibility index (Phi) is 8.13. The van der Waals surface area contributed by atoms with Gasteiger partial charge in [0, 0.05) is 19.8 Å². The van der Waals surface area contributed by atoms with E-state index in [2.05, 4.69) is 46.9 Å². The quantitative estimate of drug-likeness (QED) is 0.591. The summed E-state index contributed by atoms with van der Waals surface area (Å²) in [4.78, 5) is 0. The molecule has 0 atom stereocenters. The Morgan fingerprint density at radius 3 is 2.06 bits per heavy atom. The maximum atomic E-state index is 5.21. The van der Waals surface area contributed by atoms with E-state index in [0.29, 0.717) is 16.9 Å². The third kappa shape index (κ3) is 9.90. The average Bonchev–Trinajstić information content (AvgIpc) is 2.20. The second-order valence-corrected chi connectivity index (χ2v) is 7.46. The molecule has 0 aliphatic carbocycles. The molecule has 110 valence electrons. The van der Waals surface area contributed by atoms with Crippen molar-refractivity contribution in [2.75, 3.05) is 20.3 Å². The molecule has 0 saturated heterocycles. The summed E-state index contributed by atoms with van der Waals surface area (Å²) in [6, 6.07) is 0.603. The molecule has 0 spiro atoms. The first-order valence-electron chi connectivity index (χ1n) is 7.41. The summed E-state index contributed by atoms with van der Waals surface area (Å²) in [5, 5.41) is 3.50. The molecule has 0 radical (unpaired) electrons. The number of methoxy groups -OCH3 is 1. The minimum absolute atomic E-state index is 0.380. The van der Waals surface area contributed by atoms with Gasteiger partial charge in [0.05, 0.1) is 0 Å². The zero-order valence-electron chi connectivity index (χ0n) is 13.7. The lowest BCUT2D eigenvalue weighted by atomic mass is 9.71. The highest BCUT2D eigenvalue weighted by molar-refractivity contribution is 4.79. The summed E-state index contributed by atoms with van der Waals surface area (Å²) >= 11 is 0. The summed E-state index contributed by atoms with van der Waals surface area (Å²) in [5.74, 6) is 0. The molecule has 1 N–H and O–H groups in total. The summed E-state index contributed by atoms with van der Waals surface area (Å²) in [6.07, 6.45) is 4.98. The van der Waals surface area contributed by atoms with Crippen LogP contribution in [0.15, 0.2) is 0 Å². The predicted molar refractivity (Wildman–Crippen MR) is 81.0 cm³/mol. The monoisotopic (exact) mass is 257 g/mol. The summed E-state index contributed by atoms with van der Waals surface area (Å²) in [7, 11) is 1.79. The van der Waals surface area contributed by atoms with Crippen LogP contribution in [0.3, 0.4) is 0 Å². The molecule has 2 nitrogen and oxygen atoms in total. The van der Waals surface area contributed by atoms with E-state index in [-0.39, 0.29) is 0 Å². The minimum atomic E-state index is 0.380. The third-order valence-electron chi connectivity index (χ3n) is 3.52. The molecule has 0 aliphatic rings. The molecule has 0 rings (SSSR count). The number of rotatable bonds is 10. The van der Waals surface area contributed by atoms with Crippen molar-refractivity contribution in [2.24, 2.45) is 10.8 Å². The van der Waals surface area contributed by atoms with Crippen molar-refractivity contribution in [1.29, 1.82) is 0 Å². The fourth-order valence-electron chi connectivity index (χ4n) is 2.81. The number of hydrogen-bond acceptors (Lipinski definition) is 2. The van der Waals surface area contributed by atoms with Crippen LogP contribution in [0.5, 0.6) is 0 Å². The van der Waals surface area contributed by atoms with E-state index in [9.17, 15) is 0 Å². The maximum Gasteiger partial charge on any atom is 0.0467 e. The van der Waals surface area contributed by atoms with Crippen molar-refractivity contribution in [1.82, 2.24) is 5.32 Å². The standard InChI is InChI=1S/C16H35NO/c1-14(2)17-11-8-9-15(3,4)13-16(5,6)10-12-18-7/h14,17H,8-13H2,1-7H3. The smallest absolute Gasteiger partial charge is 0.0467 e. The third-order valence-corrected chi connectivity index (χ3v) is 3.52. The molecular weight excluding hydrogens is 222 g/mol. The van der Waals surface area contributed by atoms with Crippen LogP contribution in [0.1, 0.15) is 67.2 Å². The highest BCUT2D eigenvalue weighted by Crippen LogP contribution is 2.38. The summed E-state index contributed by atoms with van der Waals surface area (Å²) < 4.78 is 5.21. The molecule has 18 heavy (non-hydrogen) atoms. The molecular formula is C16H35NO. The lowest BCUT2D eigenvalue weighted by Gasteiger charge is -2.35. The first kappa shape index (κ1) is 17.9. The lowest BCUT2D eigenvalue weighted by Crippen LogP contribution is -2.27. The van der Waals surface area contributed by atoms with Crippen LogP contribution in [-0.2, 0) is 4.74 Å². The van der Waals surface area contributed by atoms with E-state index in [1.807, 2.05) is 0 Å². The molecule has 0 fully saturated rings. The van der Waals surface area contributed by atoms with E-state index >= 15 is 0 Å². The fraction of sp³-hybridized carbons (Fsp3) is 1.00. The normalized spacial score (nSPS) is 13.3. The molecule has 0 aromatic heterocycles. The van der Waals surface area contributed by atoms with Crippen molar-refractivity contribution in [2.45, 2.75) is 73.3 Å². The largest absolute Gasteiger partial charge is 0.385 e. The van der Waals surface area contributed by atoms with Gasteiger partial charge in [-0.1, -0.05) is 41.5 Å². The Labute approximate surface area is 115 Å². The number of nitrogens with one attached hydrogen (secondary N) is 1. The van der Waals surface area contributed by atoms with Gasteiger partial charge in [-0.15, -0.1) is 0 Å². The van der Waals surface area contributed by atoms with E-state index in [4.69, 9.17) is 4.74 Å². The second-order valence-electron chi connectivity index (χ2n) is 7.46. The highest BCUT2D eigenvalue weighted by Gasteiger charge is 2.28. The van der Waals surface area contributed by atoms with Gasteiger partial charge < -0.3 is 10.1 Å². The molecule has 0 aliphatic heterocycles. The predicted octanol–water partition coefficient (Wildman–Crippen LogP) is 4.24. The van der Waals surface area contributed by atoms with Gasteiger partial charge in [0.2, 0.25) is 0 Å². The Hall–Kier alpha value is -0.0800. The lowest BCUT2D eigenvalue weighted by molar-refractivity contribution is 0.112. The number of hydrogen-bond donors (Lipinski definition) is 1. The molecule has 0 saturated carbocycles. The summed E-state index contributed by atoms with van der Waals surface area (Å²) in [5.41, 5.74) is 0.806. The van der Waals surface area contributed by atoms with Crippen LogP contribution in [0.25, 0.3) is 0 Å². The van der Waals surface area contributed by atoms with Crippen LogP contribution in [0.4, 0.5) is 0 Å². The first-order valence-corrected chi connectivity index (χ1v) is 7.41. The van der Waals surface area contributed by atoms with Crippen molar-refractivity contribution in [3.63, 3.8) is 0 Å². The van der Waals surface area contributed by atoms with E-state index in [0.717, 1.165) is 19.6 Å². The van der Waals surface area contributed by atoms with E-state index < -0.39 is 0 Å². The molecule has 2 heteroatoms. The Morgan fingerprint density at radius 1 is 1.00 bits per heavy atom. The second kappa shape index (κ2) is 8.16. The zero-order valence-corrected chi connectivity index (χ0v) is 13.7. The maximum absolute atomic E-state index is 5.21. The van der Waals surface area contributed by atoms with E-state index in [1.165, 1.54) is 19.3 Å². The van der Waals surface area contributed by atoms with Crippen LogP contribution in [0.2, 0.25) is 0 Å². The molecule has 0 unspecified atom stereocenters. The van der Waals surface area contributed by atoms with Gasteiger partial charge >= 0.3 is 0 Å². The van der Waals surface area contributed by atoms with Crippen LogP contribution in [0, 0.1) is 10.8 Å². The highest BCUT2D eigenvalue weighted by atomic mass is 16.5. The SMILES string of the molecule is COCCC(C)(C)CC(C)(C)CCCNC(C)C. The molecule has 0 heterocycles. The molecule has 0 aromatic rings. The van der Waals surface area contributed by atoms with Gasteiger partial charge in [-0.25, -0.2) is 0 Å². The van der Waals surface area contributed by atoms with Gasteiger partial charge in [0.15, 0.2) is 0 Å². The molecule has 0 bridgehead atoms. The fourth-order valence-corrected chi connectivity index (χ4v) is 2.81. The van der Waals surface area contributed by atoms with Crippen molar-refractivity contribution >= 4 is 0 Å². The summed E-state index contributed by atoms with van der Waals surface area (Å²) in [6.45, 7) is 15.9. The van der Waals surface area contributed by atoms with Gasteiger partial charge in [-0.3, -0.25) is 0 Å². The van der Waals surface area contributed by atoms with Crippen LogP contribution in [-0.4, -0.2) is 26.3 Å². The Morgan fingerprint density at radius 2 is 1.56 bits per heavy atom. The minimum Gasteiger partial charge on any atom is -0.385 e. The topological polar surface area (TPSA) is 21.3 Å². The van der Waals surface area contributed by atoms with Crippen molar-refractivity contribution in [3.8, 4) is 0 Å². The Bertz CT molecular complexity index is 209. The molecule has 0 aromatic carbocycles.